The minimum absolute atomic E-state index is 0.0718. The maximum absolute atomic E-state index is 14.3. The number of alkyl halides is 2. The van der Waals surface area contributed by atoms with Crippen LogP contribution in [0.2, 0.25) is 0 Å². The van der Waals surface area contributed by atoms with Crippen molar-refractivity contribution >= 4 is 17.7 Å². The second kappa shape index (κ2) is 9.35. The number of hydrogen-bond acceptors (Lipinski definition) is 3. The Balaban J connectivity index is 1.99. The van der Waals surface area contributed by atoms with Gasteiger partial charge in [-0.2, -0.15) is 0 Å². The van der Waals surface area contributed by atoms with Gasteiger partial charge in [-0.05, 0) is 30.5 Å². The SMILES string of the molecule is CC(C)CCN1C=CC(C(=O)O)=C(SCCC(F)(F)c2ccc(F)cc2)C1. The van der Waals surface area contributed by atoms with Gasteiger partial charge in [-0.25, -0.2) is 18.0 Å². The smallest absolute Gasteiger partial charge is 0.336 e. The van der Waals surface area contributed by atoms with Crippen molar-refractivity contribution < 1.29 is 23.1 Å². The lowest BCUT2D eigenvalue weighted by molar-refractivity contribution is -0.132. The average Bonchev–Trinajstić information content (AvgIpc) is 2.60. The molecular weight excluding hydrogens is 375 g/mol. The first-order chi connectivity index (χ1) is 12.7. The minimum atomic E-state index is -3.09. The van der Waals surface area contributed by atoms with Gasteiger partial charge in [-0.3, -0.25) is 0 Å². The van der Waals surface area contributed by atoms with Crippen molar-refractivity contribution in [2.75, 3.05) is 18.8 Å². The molecule has 1 heterocycles. The van der Waals surface area contributed by atoms with Gasteiger partial charge >= 0.3 is 5.97 Å². The molecule has 7 heteroatoms. The van der Waals surface area contributed by atoms with Gasteiger partial charge in [0, 0.05) is 41.9 Å². The van der Waals surface area contributed by atoms with Crippen molar-refractivity contribution in [3.8, 4) is 0 Å². The van der Waals surface area contributed by atoms with Crippen LogP contribution in [0, 0.1) is 11.7 Å². The highest BCUT2D eigenvalue weighted by molar-refractivity contribution is 8.03. The van der Waals surface area contributed by atoms with Crippen molar-refractivity contribution in [1.82, 2.24) is 4.90 Å². The first-order valence-electron chi connectivity index (χ1n) is 8.84. The van der Waals surface area contributed by atoms with Crippen molar-refractivity contribution in [2.24, 2.45) is 5.92 Å². The van der Waals surface area contributed by atoms with Crippen LogP contribution in [0.25, 0.3) is 0 Å². The molecule has 1 aromatic rings. The molecule has 0 saturated heterocycles. The highest BCUT2D eigenvalue weighted by atomic mass is 32.2. The number of thioether (sulfide) groups is 1. The molecule has 0 aliphatic carbocycles. The zero-order chi connectivity index (χ0) is 20.0. The van der Waals surface area contributed by atoms with Crippen molar-refractivity contribution in [1.29, 1.82) is 0 Å². The normalized spacial score (nSPS) is 15.0. The molecule has 148 valence electrons. The fraction of sp³-hybridized carbons (Fsp3) is 0.450. The Bertz CT molecular complexity index is 714. The molecule has 0 bridgehead atoms. The van der Waals surface area contributed by atoms with Crippen molar-refractivity contribution in [3.05, 3.63) is 58.4 Å². The zero-order valence-electron chi connectivity index (χ0n) is 15.4. The largest absolute Gasteiger partial charge is 0.478 e. The monoisotopic (exact) mass is 399 g/mol. The van der Waals surface area contributed by atoms with Crippen LogP contribution in [-0.2, 0) is 10.7 Å². The summed E-state index contributed by atoms with van der Waals surface area (Å²) < 4.78 is 41.5. The van der Waals surface area contributed by atoms with E-state index in [1.54, 1.807) is 6.20 Å². The molecule has 0 atom stereocenters. The van der Waals surface area contributed by atoms with Crippen molar-refractivity contribution in [3.63, 3.8) is 0 Å². The quantitative estimate of drug-likeness (QED) is 0.615. The summed E-state index contributed by atoms with van der Waals surface area (Å²) in [6.45, 7) is 5.42. The summed E-state index contributed by atoms with van der Waals surface area (Å²) in [6.07, 6.45) is 3.80. The molecule has 1 aliphatic heterocycles. The van der Waals surface area contributed by atoms with E-state index in [1.165, 1.54) is 6.08 Å². The van der Waals surface area contributed by atoms with E-state index in [-0.39, 0.29) is 16.9 Å². The van der Waals surface area contributed by atoms with E-state index in [0.29, 0.717) is 17.4 Å². The highest BCUT2D eigenvalue weighted by Gasteiger charge is 2.31. The van der Waals surface area contributed by atoms with Crippen LogP contribution < -0.4 is 0 Å². The summed E-state index contributed by atoms with van der Waals surface area (Å²) >= 11 is 1.15. The van der Waals surface area contributed by atoms with Gasteiger partial charge in [0.1, 0.15) is 5.82 Å². The number of rotatable bonds is 9. The Morgan fingerprint density at radius 3 is 2.56 bits per heavy atom. The summed E-state index contributed by atoms with van der Waals surface area (Å²) in [7, 11) is 0. The predicted octanol–water partition coefficient (Wildman–Crippen LogP) is 5.25. The van der Waals surface area contributed by atoms with E-state index < -0.39 is 24.1 Å². The number of hydrogen-bond donors (Lipinski definition) is 1. The fourth-order valence-corrected chi connectivity index (χ4v) is 3.80. The standard InChI is InChI=1S/C20H24F3NO2S/c1-14(2)7-10-24-11-8-17(19(25)26)18(13-24)27-12-9-20(22,23)15-3-5-16(21)6-4-15/h3-6,8,11,14H,7,9-10,12-13H2,1-2H3,(H,25,26). The molecule has 1 aromatic carbocycles. The minimum Gasteiger partial charge on any atom is -0.478 e. The second-order valence-corrected chi connectivity index (χ2v) is 8.11. The second-order valence-electron chi connectivity index (χ2n) is 6.92. The number of carbonyl (C=O) groups is 1. The molecule has 0 radical (unpaired) electrons. The van der Waals surface area contributed by atoms with E-state index >= 15 is 0 Å². The number of halogens is 3. The summed E-state index contributed by atoms with van der Waals surface area (Å²) in [4.78, 5) is 14.0. The maximum Gasteiger partial charge on any atom is 0.336 e. The Hall–Kier alpha value is -1.89. The van der Waals surface area contributed by atoms with E-state index in [4.69, 9.17) is 0 Å². The first-order valence-corrected chi connectivity index (χ1v) is 9.83. The number of carboxylic acids is 1. The molecule has 1 aliphatic rings. The third-order valence-corrected chi connectivity index (χ3v) is 5.39. The fourth-order valence-electron chi connectivity index (χ4n) is 2.63. The number of benzene rings is 1. The van der Waals surface area contributed by atoms with Gasteiger partial charge in [0.15, 0.2) is 0 Å². The van der Waals surface area contributed by atoms with Crippen LogP contribution in [0.4, 0.5) is 13.2 Å². The van der Waals surface area contributed by atoms with Crippen LogP contribution in [0.3, 0.4) is 0 Å². The zero-order valence-corrected chi connectivity index (χ0v) is 16.2. The molecule has 0 fully saturated rings. The number of carboxylic acid groups (broad SMARTS) is 1. The van der Waals surface area contributed by atoms with E-state index in [9.17, 15) is 23.1 Å². The summed E-state index contributed by atoms with van der Waals surface area (Å²) in [5.74, 6) is -4.11. The lowest BCUT2D eigenvalue weighted by atomic mass is 10.1. The predicted molar refractivity (Wildman–Crippen MR) is 102 cm³/mol. The molecule has 0 unspecified atom stereocenters. The van der Waals surface area contributed by atoms with Crippen LogP contribution in [0.15, 0.2) is 47.0 Å². The highest BCUT2D eigenvalue weighted by Crippen LogP contribution is 2.35. The van der Waals surface area contributed by atoms with Crippen molar-refractivity contribution in [2.45, 2.75) is 32.6 Å². The average molecular weight is 399 g/mol. The van der Waals surface area contributed by atoms with Crippen LogP contribution in [0.5, 0.6) is 0 Å². The Labute approximate surface area is 161 Å². The molecule has 2 rings (SSSR count). The van der Waals surface area contributed by atoms with E-state index in [1.807, 2.05) is 4.90 Å². The Morgan fingerprint density at radius 2 is 1.96 bits per heavy atom. The molecule has 27 heavy (non-hydrogen) atoms. The lowest BCUT2D eigenvalue weighted by Gasteiger charge is -2.27. The third kappa shape index (κ3) is 6.34. The molecule has 3 nitrogen and oxygen atoms in total. The van der Waals surface area contributed by atoms with E-state index in [0.717, 1.165) is 49.0 Å². The van der Waals surface area contributed by atoms with Gasteiger partial charge in [0.05, 0.1) is 5.57 Å². The van der Waals surface area contributed by atoms with Gasteiger partial charge in [-0.1, -0.05) is 26.0 Å². The molecule has 0 amide bonds. The third-order valence-electron chi connectivity index (χ3n) is 4.28. The van der Waals surface area contributed by atoms with Gasteiger partial charge in [-0.15, -0.1) is 11.8 Å². The molecule has 0 spiro atoms. The maximum atomic E-state index is 14.3. The van der Waals surface area contributed by atoms with Gasteiger partial charge < -0.3 is 10.0 Å². The lowest BCUT2D eigenvalue weighted by Crippen LogP contribution is -2.26. The Morgan fingerprint density at radius 1 is 1.30 bits per heavy atom. The first kappa shape index (κ1) is 21.4. The van der Waals surface area contributed by atoms with Crippen LogP contribution in [0.1, 0.15) is 32.3 Å². The molecule has 0 saturated carbocycles. The summed E-state index contributed by atoms with van der Waals surface area (Å²) in [5.41, 5.74) is -0.0788. The van der Waals surface area contributed by atoms with Crippen LogP contribution in [-0.4, -0.2) is 34.8 Å². The molecule has 0 aromatic heterocycles. The van der Waals surface area contributed by atoms with Crippen LogP contribution >= 0.6 is 11.8 Å². The topological polar surface area (TPSA) is 40.5 Å². The molecule has 1 N–H and O–H groups in total. The summed E-state index contributed by atoms with van der Waals surface area (Å²) in [6, 6.07) is 4.19. The van der Waals surface area contributed by atoms with E-state index in [2.05, 4.69) is 13.8 Å². The molecular formula is C20H24F3NO2S. The number of nitrogens with zero attached hydrogens (tertiary/aromatic N) is 1. The van der Waals surface area contributed by atoms with Gasteiger partial charge in [0.2, 0.25) is 0 Å². The Kier molecular flexibility index (Phi) is 7.41. The number of aliphatic carboxylic acids is 1. The summed E-state index contributed by atoms with van der Waals surface area (Å²) in [5, 5.41) is 9.35. The van der Waals surface area contributed by atoms with Gasteiger partial charge in [0.25, 0.3) is 5.92 Å².